The third-order valence-electron chi connectivity index (χ3n) is 3.56. The zero-order chi connectivity index (χ0) is 19.4. The first kappa shape index (κ1) is 20.5. The van der Waals surface area contributed by atoms with Crippen molar-refractivity contribution < 1.29 is 19.1 Å². The highest BCUT2D eigenvalue weighted by atomic mass is 16.5. The number of nitrogens with one attached hydrogen (secondary N) is 2. The van der Waals surface area contributed by atoms with Gasteiger partial charge in [0.05, 0.1) is 13.7 Å². The van der Waals surface area contributed by atoms with Gasteiger partial charge in [-0.05, 0) is 40.2 Å². The number of aryl methyl sites for hydroxylation is 1. The van der Waals surface area contributed by atoms with Gasteiger partial charge in [-0.2, -0.15) is 0 Å². The molecule has 0 bridgehead atoms. The van der Waals surface area contributed by atoms with Crippen molar-refractivity contribution >= 4 is 17.8 Å². The molecule has 0 saturated carbocycles. The van der Waals surface area contributed by atoms with Crippen LogP contribution in [0.1, 0.15) is 52.9 Å². The van der Waals surface area contributed by atoms with E-state index >= 15 is 0 Å². The van der Waals surface area contributed by atoms with Gasteiger partial charge < -0.3 is 19.9 Å². The molecule has 0 aromatic carbocycles. The molecular weight excluding hydrogens is 322 g/mol. The Hall–Kier alpha value is -2.57. The highest BCUT2D eigenvalue weighted by molar-refractivity contribution is 6.04. The number of rotatable bonds is 6. The number of Topliss-reactive ketones (excluding diaryl/α,β-unsaturated/α-hetero) is 1. The topological polar surface area (TPSA) is 91.5 Å². The van der Waals surface area contributed by atoms with Gasteiger partial charge in [0, 0.05) is 23.3 Å². The number of carbonyl (C=O) groups is 3. The third kappa shape index (κ3) is 5.20. The number of hydrogen-bond acceptors (Lipinski definition) is 4. The number of esters is 1. The molecule has 0 aliphatic rings. The largest absolute Gasteiger partial charge is 0.464 e. The number of methoxy groups -OCH3 is 1. The van der Waals surface area contributed by atoms with Crippen molar-refractivity contribution in [2.45, 2.75) is 40.2 Å². The highest BCUT2D eigenvalue weighted by Crippen LogP contribution is 2.20. The van der Waals surface area contributed by atoms with Gasteiger partial charge in [-0.3, -0.25) is 4.79 Å². The highest BCUT2D eigenvalue weighted by Gasteiger charge is 2.26. The second kappa shape index (κ2) is 8.00. The van der Waals surface area contributed by atoms with E-state index in [1.807, 2.05) is 20.8 Å². The Morgan fingerprint density at radius 2 is 1.88 bits per heavy atom. The predicted octanol–water partition coefficient (Wildman–Crippen LogP) is 2.60. The molecular formula is C18H27N3O4. The average molecular weight is 349 g/mol. The fraction of sp³-hybridized carbons (Fsp3) is 0.500. The standard InChI is InChI=1S/C18H27N3O4/c1-8-9-21(17(24)20-18(4,5)6)10-13(22)14-11(2)15(16(23)25-7)19-12(14)3/h8,19H,1,9-10H2,2-7H3,(H,20,24). The molecule has 1 heterocycles. The van der Waals surface area contributed by atoms with E-state index in [0.29, 0.717) is 16.8 Å². The number of hydrogen-bond donors (Lipinski definition) is 2. The summed E-state index contributed by atoms with van der Waals surface area (Å²) in [5.74, 6) is -0.791. The lowest BCUT2D eigenvalue weighted by Crippen LogP contribution is -2.50. The summed E-state index contributed by atoms with van der Waals surface area (Å²) >= 11 is 0. The lowest BCUT2D eigenvalue weighted by atomic mass is 10.1. The summed E-state index contributed by atoms with van der Waals surface area (Å²) in [7, 11) is 1.28. The number of carbonyl (C=O) groups excluding carboxylic acids is 3. The van der Waals surface area contributed by atoms with Crippen molar-refractivity contribution in [3.05, 3.63) is 35.2 Å². The maximum Gasteiger partial charge on any atom is 0.354 e. The van der Waals surface area contributed by atoms with Crippen LogP contribution < -0.4 is 5.32 Å². The molecule has 0 fully saturated rings. The maximum absolute atomic E-state index is 12.7. The van der Waals surface area contributed by atoms with Gasteiger partial charge in [-0.1, -0.05) is 6.08 Å². The Bertz CT molecular complexity index is 683. The quantitative estimate of drug-likeness (QED) is 0.469. The number of urea groups is 1. The zero-order valence-electron chi connectivity index (χ0n) is 15.8. The zero-order valence-corrected chi connectivity index (χ0v) is 15.8. The van der Waals surface area contributed by atoms with Crippen LogP contribution >= 0.6 is 0 Å². The molecule has 7 heteroatoms. The van der Waals surface area contributed by atoms with Crippen molar-refractivity contribution in [1.29, 1.82) is 0 Å². The minimum absolute atomic E-state index is 0.117. The van der Waals surface area contributed by atoms with E-state index < -0.39 is 11.5 Å². The fourth-order valence-electron chi connectivity index (χ4n) is 2.50. The average Bonchev–Trinajstić information content (AvgIpc) is 2.79. The van der Waals surface area contributed by atoms with E-state index in [2.05, 4.69) is 16.9 Å². The summed E-state index contributed by atoms with van der Waals surface area (Å²) in [5.41, 5.74) is 1.31. The lowest BCUT2D eigenvalue weighted by Gasteiger charge is -2.27. The second-order valence-corrected chi connectivity index (χ2v) is 6.89. The minimum Gasteiger partial charge on any atom is -0.464 e. The Morgan fingerprint density at radius 3 is 2.36 bits per heavy atom. The van der Waals surface area contributed by atoms with Crippen LogP contribution in [0.2, 0.25) is 0 Å². The van der Waals surface area contributed by atoms with E-state index in [4.69, 9.17) is 4.74 Å². The molecule has 0 aliphatic heterocycles. The number of nitrogens with zero attached hydrogens (tertiary/aromatic N) is 1. The SMILES string of the molecule is C=CCN(CC(=O)c1c(C)[nH]c(C(=O)OC)c1C)C(=O)NC(C)(C)C. The summed E-state index contributed by atoms with van der Waals surface area (Å²) < 4.78 is 4.71. The van der Waals surface area contributed by atoms with E-state index in [-0.39, 0.29) is 30.6 Å². The maximum atomic E-state index is 12.7. The van der Waals surface area contributed by atoms with E-state index in [9.17, 15) is 14.4 Å². The number of ketones is 1. The van der Waals surface area contributed by atoms with Crippen molar-refractivity contribution in [2.75, 3.05) is 20.2 Å². The Labute approximate surface area is 148 Å². The van der Waals surface area contributed by atoms with E-state index in [0.717, 1.165) is 0 Å². The first-order valence-electron chi connectivity index (χ1n) is 8.00. The summed E-state index contributed by atoms with van der Waals surface area (Å²) in [6.45, 7) is 12.7. The smallest absolute Gasteiger partial charge is 0.354 e. The van der Waals surface area contributed by atoms with Crippen molar-refractivity contribution in [1.82, 2.24) is 15.2 Å². The van der Waals surface area contributed by atoms with Gasteiger partial charge in [-0.15, -0.1) is 6.58 Å². The van der Waals surface area contributed by atoms with Gasteiger partial charge >= 0.3 is 12.0 Å². The van der Waals surface area contributed by atoms with E-state index in [1.54, 1.807) is 19.9 Å². The molecule has 0 atom stereocenters. The molecule has 0 saturated heterocycles. The molecule has 7 nitrogen and oxygen atoms in total. The summed E-state index contributed by atoms with van der Waals surface area (Å²) in [4.78, 5) is 41.1. The molecule has 0 spiro atoms. The van der Waals surface area contributed by atoms with Crippen LogP contribution in [0.4, 0.5) is 4.79 Å². The van der Waals surface area contributed by atoms with Crippen LogP contribution in [0.15, 0.2) is 12.7 Å². The third-order valence-corrected chi connectivity index (χ3v) is 3.56. The van der Waals surface area contributed by atoms with Crippen LogP contribution in [0, 0.1) is 13.8 Å². The minimum atomic E-state index is -0.534. The first-order valence-corrected chi connectivity index (χ1v) is 8.00. The molecule has 2 amide bonds. The van der Waals surface area contributed by atoms with Crippen LogP contribution in [0.5, 0.6) is 0 Å². The van der Waals surface area contributed by atoms with Gasteiger partial charge in [0.2, 0.25) is 0 Å². The normalized spacial score (nSPS) is 11.0. The van der Waals surface area contributed by atoms with Gasteiger partial charge in [0.1, 0.15) is 5.69 Å². The first-order chi connectivity index (χ1) is 11.5. The van der Waals surface area contributed by atoms with Crippen LogP contribution in [0.25, 0.3) is 0 Å². The second-order valence-electron chi connectivity index (χ2n) is 6.89. The van der Waals surface area contributed by atoms with Gasteiger partial charge in [0.15, 0.2) is 5.78 Å². The molecule has 2 N–H and O–H groups in total. The molecule has 1 rings (SSSR count). The molecule has 25 heavy (non-hydrogen) atoms. The molecule has 1 aromatic heterocycles. The lowest BCUT2D eigenvalue weighted by molar-refractivity contribution is 0.0593. The Balaban J connectivity index is 3.06. The Morgan fingerprint density at radius 1 is 1.28 bits per heavy atom. The molecule has 0 aliphatic carbocycles. The van der Waals surface area contributed by atoms with Gasteiger partial charge in [-0.25, -0.2) is 9.59 Å². The summed E-state index contributed by atoms with van der Waals surface area (Å²) in [6, 6.07) is -0.347. The molecule has 0 radical (unpaired) electrons. The number of aromatic amines is 1. The molecule has 1 aromatic rings. The Kier molecular flexibility index (Phi) is 6.55. The van der Waals surface area contributed by atoms with Crippen LogP contribution in [0.3, 0.4) is 0 Å². The predicted molar refractivity (Wildman–Crippen MR) is 96.0 cm³/mol. The number of ether oxygens (including phenoxy) is 1. The number of H-pyrrole nitrogens is 1. The van der Waals surface area contributed by atoms with Crippen LogP contribution in [-0.4, -0.2) is 53.4 Å². The fourth-order valence-corrected chi connectivity index (χ4v) is 2.50. The summed E-state index contributed by atoms with van der Waals surface area (Å²) in [6.07, 6.45) is 1.56. The number of aromatic nitrogens is 1. The molecule has 0 unspecified atom stereocenters. The van der Waals surface area contributed by atoms with Crippen molar-refractivity contribution in [2.24, 2.45) is 0 Å². The van der Waals surface area contributed by atoms with E-state index in [1.165, 1.54) is 12.0 Å². The monoisotopic (exact) mass is 349 g/mol. The number of amides is 2. The van der Waals surface area contributed by atoms with Gasteiger partial charge in [0.25, 0.3) is 0 Å². The van der Waals surface area contributed by atoms with Crippen molar-refractivity contribution in [3.63, 3.8) is 0 Å². The van der Waals surface area contributed by atoms with Crippen LogP contribution in [-0.2, 0) is 4.74 Å². The molecule has 138 valence electrons. The summed E-state index contributed by atoms with van der Waals surface area (Å²) in [5, 5.41) is 2.83. The van der Waals surface area contributed by atoms with Crippen molar-refractivity contribution in [3.8, 4) is 0 Å².